The van der Waals surface area contributed by atoms with Gasteiger partial charge in [0.05, 0.1) is 6.04 Å². The third kappa shape index (κ3) is 2.35. The van der Waals surface area contributed by atoms with Gasteiger partial charge in [0.25, 0.3) is 0 Å². The zero-order valence-electron chi connectivity index (χ0n) is 11.7. The fourth-order valence-corrected chi connectivity index (χ4v) is 3.90. The third-order valence-electron chi connectivity index (χ3n) is 3.90. The number of rotatable bonds is 2. The Morgan fingerprint density at radius 1 is 1.47 bits per heavy atom. The summed E-state index contributed by atoms with van der Waals surface area (Å²) in [5, 5.41) is 0. The Balaban J connectivity index is 2.53. The topological polar surface area (TPSA) is 17.3 Å². The highest BCUT2D eigenvalue weighted by molar-refractivity contribution is 7.09. The van der Waals surface area contributed by atoms with Crippen LogP contribution in [0.5, 0.6) is 0 Å². The molecule has 2 nitrogen and oxygen atoms in total. The molecule has 1 heterocycles. The van der Waals surface area contributed by atoms with E-state index in [9.17, 15) is 0 Å². The molecule has 2 rings (SSSR count). The molecule has 0 bridgehead atoms. The Labute approximate surface area is 108 Å². The monoisotopic (exact) mass is 252 g/mol. The van der Waals surface area contributed by atoms with Crippen LogP contribution in [0.4, 0.5) is 0 Å². The predicted octanol–water partition coefficient (Wildman–Crippen LogP) is 3.40. The summed E-state index contributed by atoms with van der Waals surface area (Å²) in [7, 11) is 2.18. The lowest BCUT2D eigenvalue weighted by Gasteiger charge is -2.29. The van der Waals surface area contributed by atoms with Crippen molar-refractivity contribution in [1.82, 2.24) is 4.57 Å². The van der Waals surface area contributed by atoms with E-state index >= 15 is 0 Å². The standard InChI is InChI=1S/C14H24N2S/c1-6-10(2)15-13-16(5)11-8-7-9-14(3,4)12(11)17-13/h10H,6-9H2,1-5H3. The highest BCUT2D eigenvalue weighted by atomic mass is 32.1. The summed E-state index contributed by atoms with van der Waals surface area (Å²) in [4.78, 5) is 7.60. The molecule has 0 saturated carbocycles. The van der Waals surface area contributed by atoms with Gasteiger partial charge >= 0.3 is 0 Å². The van der Waals surface area contributed by atoms with Crippen LogP contribution in [0.2, 0.25) is 0 Å². The summed E-state index contributed by atoms with van der Waals surface area (Å²) < 4.78 is 2.33. The maximum Gasteiger partial charge on any atom is 0.185 e. The molecule has 96 valence electrons. The molecule has 1 aliphatic rings. The van der Waals surface area contributed by atoms with Crippen LogP contribution in [0, 0.1) is 0 Å². The summed E-state index contributed by atoms with van der Waals surface area (Å²) in [6, 6.07) is 0.435. The first-order valence-corrected chi connectivity index (χ1v) is 7.50. The second-order valence-corrected chi connectivity index (χ2v) is 6.82. The van der Waals surface area contributed by atoms with E-state index in [0.717, 1.165) is 6.42 Å². The minimum atomic E-state index is 0.346. The third-order valence-corrected chi connectivity index (χ3v) is 5.45. The van der Waals surface area contributed by atoms with Gasteiger partial charge in [0.15, 0.2) is 4.80 Å². The highest BCUT2D eigenvalue weighted by Gasteiger charge is 2.30. The Morgan fingerprint density at radius 2 is 2.18 bits per heavy atom. The van der Waals surface area contributed by atoms with Gasteiger partial charge in [0, 0.05) is 23.0 Å². The van der Waals surface area contributed by atoms with E-state index in [0.29, 0.717) is 11.5 Å². The summed E-state index contributed by atoms with van der Waals surface area (Å²) >= 11 is 1.91. The molecule has 0 spiro atoms. The Hall–Kier alpha value is -0.570. The van der Waals surface area contributed by atoms with Crippen LogP contribution < -0.4 is 4.80 Å². The van der Waals surface area contributed by atoms with Crippen molar-refractivity contribution in [2.45, 2.75) is 64.8 Å². The quantitative estimate of drug-likeness (QED) is 0.767. The molecular weight excluding hydrogens is 228 g/mol. The molecule has 1 aromatic heterocycles. The van der Waals surface area contributed by atoms with Gasteiger partial charge in [-0.3, -0.25) is 4.99 Å². The van der Waals surface area contributed by atoms with E-state index in [2.05, 4.69) is 39.3 Å². The van der Waals surface area contributed by atoms with Gasteiger partial charge in [-0.15, -0.1) is 11.3 Å². The Bertz CT molecular complexity index is 465. The van der Waals surface area contributed by atoms with Crippen molar-refractivity contribution in [3.05, 3.63) is 15.4 Å². The lowest BCUT2D eigenvalue weighted by molar-refractivity contribution is 0.431. The first-order valence-electron chi connectivity index (χ1n) is 6.68. The van der Waals surface area contributed by atoms with Gasteiger partial charge in [-0.2, -0.15) is 0 Å². The van der Waals surface area contributed by atoms with Gasteiger partial charge in [-0.05, 0) is 32.6 Å². The van der Waals surface area contributed by atoms with Gasteiger partial charge < -0.3 is 4.57 Å². The van der Waals surface area contributed by atoms with Crippen molar-refractivity contribution < 1.29 is 0 Å². The molecule has 0 radical (unpaired) electrons. The van der Waals surface area contributed by atoms with E-state index in [1.807, 2.05) is 11.3 Å². The van der Waals surface area contributed by atoms with Gasteiger partial charge in [0.2, 0.25) is 0 Å². The molecule has 1 atom stereocenters. The molecule has 0 saturated heterocycles. The van der Waals surface area contributed by atoms with E-state index in [-0.39, 0.29) is 0 Å². The smallest absolute Gasteiger partial charge is 0.185 e. The summed E-state index contributed by atoms with van der Waals surface area (Å²) in [6.45, 7) is 9.14. The van der Waals surface area contributed by atoms with Crippen LogP contribution in [-0.4, -0.2) is 10.6 Å². The van der Waals surface area contributed by atoms with Crippen molar-refractivity contribution in [2.75, 3.05) is 0 Å². The second-order valence-electron chi connectivity index (χ2n) is 5.84. The fourth-order valence-electron chi connectivity index (χ4n) is 2.50. The normalized spacial score (nSPS) is 21.4. The Morgan fingerprint density at radius 3 is 2.76 bits per heavy atom. The number of hydrogen-bond acceptors (Lipinski definition) is 2. The van der Waals surface area contributed by atoms with Crippen molar-refractivity contribution in [2.24, 2.45) is 12.0 Å². The first kappa shape index (κ1) is 12.9. The van der Waals surface area contributed by atoms with Crippen LogP contribution in [0.3, 0.4) is 0 Å². The van der Waals surface area contributed by atoms with Crippen LogP contribution in [-0.2, 0) is 18.9 Å². The molecule has 0 fully saturated rings. The van der Waals surface area contributed by atoms with Crippen molar-refractivity contribution in [3.8, 4) is 0 Å². The molecule has 0 N–H and O–H groups in total. The second kappa shape index (κ2) is 4.60. The summed E-state index contributed by atoms with van der Waals surface area (Å²) in [5.74, 6) is 0. The maximum atomic E-state index is 4.83. The summed E-state index contributed by atoms with van der Waals surface area (Å²) in [6.07, 6.45) is 4.96. The lowest BCUT2D eigenvalue weighted by Crippen LogP contribution is -2.23. The number of thiazole rings is 1. The molecule has 1 aromatic rings. The number of hydrogen-bond donors (Lipinski definition) is 0. The predicted molar refractivity (Wildman–Crippen MR) is 74.6 cm³/mol. The first-order chi connectivity index (χ1) is 7.95. The van der Waals surface area contributed by atoms with E-state index in [1.54, 1.807) is 4.88 Å². The average molecular weight is 252 g/mol. The van der Waals surface area contributed by atoms with Gasteiger partial charge in [0.1, 0.15) is 0 Å². The SMILES string of the molecule is CCC(C)N=c1sc2c(n1C)CCCC2(C)C. The minimum Gasteiger partial charge on any atom is -0.324 e. The molecule has 0 amide bonds. The zero-order chi connectivity index (χ0) is 12.6. The minimum absolute atomic E-state index is 0.346. The van der Waals surface area contributed by atoms with Crippen LogP contribution >= 0.6 is 11.3 Å². The van der Waals surface area contributed by atoms with E-state index < -0.39 is 0 Å². The molecule has 1 aliphatic carbocycles. The molecule has 3 heteroatoms. The van der Waals surface area contributed by atoms with Crippen molar-refractivity contribution in [1.29, 1.82) is 0 Å². The molecule has 1 unspecified atom stereocenters. The zero-order valence-corrected chi connectivity index (χ0v) is 12.5. The molecule has 17 heavy (non-hydrogen) atoms. The lowest BCUT2D eigenvalue weighted by atomic mass is 9.80. The van der Waals surface area contributed by atoms with E-state index in [1.165, 1.54) is 29.8 Å². The van der Waals surface area contributed by atoms with Gasteiger partial charge in [-0.1, -0.05) is 20.8 Å². The molecular formula is C14H24N2S. The van der Waals surface area contributed by atoms with Gasteiger partial charge in [-0.25, -0.2) is 0 Å². The largest absolute Gasteiger partial charge is 0.324 e. The number of aromatic nitrogens is 1. The average Bonchev–Trinajstić information content (AvgIpc) is 2.58. The van der Waals surface area contributed by atoms with Crippen LogP contribution in [0.25, 0.3) is 0 Å². The fraction of sp³-hybridized carbons (Fsp3) is 0.786. The van der Waals surface area contributed by atoms with E-state index in [4.69, 9.17) is 4.99 Å². The van der Waals surface area contributed by atoms with Crippen molar-refractivity contribution >= 4 is 11.3 Å². The van der Waals surface area contributed by atoms with Crippen molar-refractivity contribution in [3.63, 3.8) is 0 Å². The van der Waals surface area contributed by atoms with Crippen LogP contribution in [0.15, 0.2) is 4.99 Å². The van der Waals surface area contributed by atoms with Crippen LogP contribution in [0.1, 0.15) is 57.5 Å². The molecule has 0 aliphatic heterocycles. The Kier molecular flexibility index (Phi) is 3.48. The number of nitrogens with zero attached hydrogens (tertiary/aromatic N) is 2. The highest BCUT2D eigenvalue weighted by Crippen LogP contribution is 2.38. The maximum absolute atomic E-state index is 4.83. The molecule has 0 aromatic carbocycles. The number of fused-ring (bicyclic) bond motifs is 1. The summed E-state index contributed by atoms with van der Waals surface area (Å²) in [5.41, 5.74) is 1.87.